The van der Waals surface area contributed by atoms with Gasteiger partial charge in [0.1, 0.15) is 10.6 Å². The summed E-state index contributed by atoms with van der Waals surface area (Å²) < 4.78 is 36.1. The number of sulfonamides is 1. The summed E-state index contributed by atoms with van der Waals surface area (Å²) in [5.41, 5.74) is 0.495. The van der Waals surface area contributed by atoms with E-state index in [1.54, 1.807) is 30.3 Å². The molecule has 2 rings (SSSR count). The third-order valence-electron chi connectivity index (χ3n) is 5.14. The molecule has 0 aliphatic rings. The lowest BCUT2D eigenvalue weighted by Crippen LogP contribution is -2.17. The lowest BCUT2D eigenvalue weighted by atomic mass is 10.1. The maximum Gasteiger partial charge on any atom is 0.338 e. The molecule has 0 aliphatic carbocycles. The van der Waals surface area contributed by atoms with Crippen molar-refractivity contribution in [2.45, 2.75) is 70.1 Å². The molecule has 0 spiro atoms. The minimum Gasteiger partial charge on any atom is -0.462 e. The van der Waals surface area contributed by atoms with Gasteiger partial charge in [-0.2, -0.15) is 0 Å². The highest BCUT2D eigenvalue weighted by atomic mass is 32.2. The molecule has 0 saturated heterocycles. The van der Waals surface area contributed by atoms with Gasteiger partial charge in [0.25, 0.3) is 0 Å². The van der Waals surface area contributed by atoms with E-state index >= 15 is 0 Å². The second-order valence-corrected chi connectivity index (χ2v) is 9.53. The largest absolute Gasteiger partial charge is 0.462 e. The third kappa shape index (κ3) is 9.06. The molecule has 0 radical (unpaired) electrons. The number of carbonyl (C=O) groups is 1. The molecular formula is C25H36N2O5S. The van der Waals surface area contributed by atoms with Crippen LogP contribution < -0.4 is 15.2 Å². The van der Waals surface area contributed by atoms with Crippen molar-refractivity contribution in [1.82, 2.24) is 0 Å². The van der Waals surface area contributed by atoms with Crippen molar-refractivity contribution in [1.29, 1.82) is 0 Å². The van der Waals surface area contributed by atoms with Gasteiger partial charge in [0, 0.05) is 6.54 Å². The average molecular weight is 477 g/mol. The molecule has 0 bridgehead atoms. The summed E-state index contributed by atoms with van der Waals surface area (Å²) in [6.45, 7) is 5.09. The number of anilines is 1. The number of hydrogen-bond donors (Lipinski definition) is 2. The zero-order chi connectivity index (χ0) is 24.1. The molecule has 0 heterocycles. The summed E-state index contributed by atoms with van der Waals surface area (Å²) in [6.07, 6.45) is 8.25. The van der Waals surface area contributed by atoms with Crippen molar-refractivity contribution in [3.8, 4) is 11.5 Å². The van der Waals surface area contributed by atoms with Crippen LogP contribution in [0.2, 0.25) is 0 Å². The van der Waals surface area contributed by atoms with Crippen molar-refractivity contribution in [2.24, 2.45) is 5.14 Å². The number of ether oxygens (including phenoxy) is 2. The van der Waals surface area contributed by atoms with Crippen molar-refractivity contribution in [2.75, 3.05) is 18.5 Å². The highest BCUT2D eigenvalue weighted by molar-refractivity contribution is 7.89. The minimum atomic E-state index is -4.17. The number of rotatable bonds is 15. The summed E-state index contributed by atoms with van der Waals surface area (Å²) >= 11 is 0. The summed E-state index contributed by atoms with van der Waals surface area (Å²) in [4.78, 5) is 12.4. The number of carbonyl (C=O) groups excluding carboxylic acids is 1. The lowest BCUT2D eigenvalue weighted by molar-refractivity contribution is 0.0497. The minimum absolute atomic E-state index is 0.0623. The quantitative estimate of drug-likeness (QED) is 0.246. The molecule has 7 nitrogen and oxygen atoms in total. The van der Waals surface area contributed by atoms with Crippen molar-refractivity contribution < 1.29 is 22.7 Å². The fraction of sp³-hybridized carbons (Fsp3) is 0.480. The summed E-state index contributed by atoms with van der Waals surface area (Å²) in [7, 11) is -4.17. The van der Waals surface area contributed by atoms with Crippen molar-refractivity contribution in [3.05, 3.63) is 48.0 Å². The fourth-order valence-electron chi connectivity index (χ4n) is 3.30. The number of hydrogen-bond acceptors (Lipinski definition) is 6. The van der Waals surface area contributed by atoms with E-state index in [4.69, 9.17) is 14.6 Å². The molecule has 0 aliphatic heterocycles. The normalized spacial score (nSPS) is 11.2. The van der Waals surface area contributed by atoms with Gasteiger partial charge in [0.05, 0.1) is 17.9 Å². The van der Waals surface area contributed by atoms with Crippen LogP contribution in [0.25, 0.3) is 0 Å². The predicted octanol–water partition coefficient (Wildman–Crippen LogP) is 5.86. The average Bonchev–Trinajstić information content (AvgIpc) is 2.79. The predicted molar refractivity (Wildman–Crippen MR) is 131 cm³/mol. The SMILES string of the molecule is CCCCCCCCOC(=O)c1cc(NCCCC)c(Oc2ccccc2)c(S(N)(=O)=O)c1. The molecule has 0 amide bonds. The lowest BCUT2D eigenvalue weighted by Gasteiger charge is -2.17. The Balaban J connectivity index is 2.26. The van der Waals surface area contributed by atoms with Gasteiger partial charge < -0.3 is 14.8 Å². The zero-order valence-corrected chi connectivity index (χ0v) is 20.5. The van der Waals surface area contributed by atoms with Gasteiger partial charge in [-0.1, -0.05) is 70.6 Å². The molecule has 33 heavy (non-hydrogen) atoms. The van der Waals surface area contributed by atoms with Gasteiger partial charge in [0.2, 0.25) is 10.0 Å². The Morgan fingerprint density at radius 3 is 2.27 bits per heavy atom. The van der Waals surface area contributed by atoms with Gasteiger partial charge in [-0.3, -0.25) is 0 Å². The van der Waals surface area contributed by atoms with Gasteiger partial charge in [-0.15, -0.1) is 0 Å². The summed E-state index contributed by atoms with van der Waals surface area (Å²) in [5, 5.41) is 8.68. The van der Waals surface area contributed by atoms with Crippen LogP contribution >= 0.6 is 0 Å². The number of primary sulfonamides is 1. The van der Waals surface area contributed by atoms with Gasteiger partial charge in [0.15, 0.2) is 5.75 Å². The molecule has 0 atom stereocenters. The molecular weight excluding hydrogens is 440 g/mol. The molecule has 0 saturated carbocycles. The van der Waals surface area contributed by atoms with E-state index in [2.05, 4.69) is 19.2 Å². The van der Waals surface area contributed by atoms with Crippen LogP contribution in [0.3, 0.4) is 0 Å². The zero-order valence-electron chi connectivity index (χ0n) is 19.6. The van der Waals surface area contributed by atoms with Crippen LogP contribution in [0, 0.1) is 0 Å². The van der Waals surface area contributed by atoms with E-state index in [0.717, 1.165) is 32.1 Å². The van der Waals surface area contributed by atoms with E-state index in [1.807, 2.05) is 6.07 Å². The van der Waals surface area contributed by atoms with Gasteiger partial charge in [-0.25, -0.2) is 18.4 Å². The number of para-hydroxylation sites is 1. The number of nitrogens with one attached hydrogen (secondary N) is 1. The smallest absolute Gasteiger partial charge is 0.338 e. The first-order valence-corrected chi connectivity index (χ1v) is 13.3. The number of nitrogens with two attached hydrogens (primary N) is 1. The molecule has 0 aromatic heterocycles. The Morgan fingerprint density at radius 2 is 1.61 bits per heavy atom. The molecule has 3 N–H and O–H groups in total. The Labute approximate surface area is 197 Å². The van der Waals surface area contributed by atoms with Gasteiger partial charge >= 0.3 is 5.97 Å². The second-order valence-electron chi connectivity index (χ2n) is 8.00. The Hall–Kier alpha value is -2.58. The second kappa shape index (κ2) is 13.9. The van der Waals surface area contributed by atoms with Crippen LogP contribution in [-0.2, 0) is 14.8 Å². The Kier molecular flexibility index (Phi) is 11.2. The number of unbranched alkanes of at least 4 members (excludes halogenated alkanes) is 6. The fourth-order valence-corrected chi connectivity index (χ4v) is 4.01. The van der Waals surface area contributed by atoms with Gasteiger partial charge in [-0.05, 0) is 37.1 Å². The molecule has 182 valence electrons. The van der Waals surface area contributed by atoms with Crippen LogP contribution in [0.15, 0.2) is 47.4 Å². The maximum atomic E-state index is 12.7. The third-order valence-corrected chi connectivity index (χ3v) is 6.05. The molecule has 0 fully saturated rings. The number of esters is 1. The Morgan fingerprint density at radius 1 is 0.939 bits per heavy atom. The van der Waals surface area contributed by atoms with Crippen LogP contribution in [-0.4, -0.2) is 27.5 Å². The van der Waals surface area contributed by atoms with Crippen LogP contribution in [0.4, 0.5) is 5.69 Å². The highest BCUT2D eigenvalue weighted by Crippen LogP contribution is 2.37. The number of benzene rings is 2. The highest BCUT2D eigenvalue weighted by Gasteiger charge is 2.24. The first kappa shape index (κ1) is 26.7. The van der Waals surface area contributed by atoms with Crippen molar-refractivity contribution >= 4 is 21.7 Å². The summed E-state index contributed by atoms with van der Waals surface area (Å²) in [6, 6.07) is 11.6. The Bertz CT molecular complexity index is 978. The first-order valence-electron chi connectivity index (χ1n) is 11.7. The van der Waals surface area contributed by atoms with Crippen molar-refractivity contribution in [3.63, 3.8) is 0 Å². The van der Waals surface area contributed by atoms with E-state index in [-0.39, 0.29) is 22.8 Å². The van der Waals surface area contributed by atoms with Crippen LogP contribution in [0.5, 0.6) is 11.5 Å². The van der Waals surface area contributed by atoms with Crippen LogP contribution in [0.1, 0.15) is 75.6 Å². The topological polar surface area (TPSA) is 108 Å². The monoisotopic (exact) mass is 476 g/mol. The summed E-state index contributed by atoms with van der Waals surface area (Å²) in [5.74, 6) is -0.0649. The molecule has 2 aromatic carbocycles. The maximum absolute atomic E-state index is 12.7. The van der Waals surface area contributed by atoms with E-state index in [0.29, 0.717) is 18.0 Å². The van der Waals surface area contributed by atoms with E-state index < -0.39 is 16.0 Å². The standard InChI is InChI=1S/C25H36N2O5S/c1-3-5-7-8-9-13-17-31-25(28)20-18-22(27-16-6-4-2)24(23(19-20)33(26,29)30)32-21-14-11-10-12-15-21/h10-12,14-15,18-19,27H,3-9,13,16-17H2,1-2H3,(H2,26,29,30). The molecule has 0 unspecified atom stereocenters. The van der Waals surface area contributed by atoms with E-state index in [1.165, 1.54) is 25.3 Å². The first-order chi connectivity index (χ1) is 15.9. The van der Waals surface area contributed by atoms with E-state index in [9.17, 15) is 13.2 Å². The molecule has 8 heteroatoms. The molecule has 2 aromatic rings.